The van der Waals surface area contributed by atoms with Crippen molar-refractivity contribution in [2.75, 3.05) is 26.8 Å². The summed E-state index contributed by atoms with van der Waals surface area (Å²) < 4.78 is 4.84. The molecule has 0 fully saturated rings. The van der Waals surface area contributed by atoms with Gasteiger partial charge in [0.15, 0.2) is 0 Å². The molecule has 0 aliphatic heterocycles. The largest absolute Gasteiger partial charge is 0.480 e. The minimum atomic E-state index is -1.02. The number of methoxy groups -OCH3 is 1. The first kappa shape index (κ1) is 17.1. The molecule has 0 aliphatic rings. The molecule has 6 nitrogen and oxygen atoms in total. The van der Waals surface area contributed by atoms with E-state index in [1.165, 1.54) is 0 Å². The van der Waals surface area contributed by atoms with Gasteiger partial charge in [-0.15, -0.1) is 0 Å². The Hall–Kier alpha value is -1.92. The number of ether oxygens (including phenoxy) is 1. The molecule has 116 valence electrons. The summed E-state index contributed by atoms with van der Waals surface area (Å²) in [5, 5.41) is 14.6. The van der Waals surface area contributed by atoms with Crippen molar-refractivity contribution in [2.45, 2.75) is 18.9 Å². The summed E-state index contributed by atoms with van der Waals surface area (Å²) >= 11 is 0. The van der Waals surface area contributed by atoms with Crippen molar-refractivity contribution in [1.82, 2.24) is 10.6 Å². The zero-order valence-corrected chi connectivity index (χ0v) is 12.2. The van der Waals surface area contributed by atoms with Crippen LogP contribution in [0.25, 0.3) is 0 Å². The van der Waals surface area contributed by atoms with Gasteiger partial charge in [0.05, 0.1) is 13.2 Å². The highest BCUT2D eigenvalue weighted by atomic mass is 16.5. The monoisotopic (exact) mass is 294 g/mol. The number of carbonyl (C=O) groups is 2. The Bertz CT molecular complexity index is 437. The van der Waals surface area contributed by atoms with Crippen molar-refractivity contribution >= 4 is 11.9 Å². The van der Waals surface area contributed by atoms with Crippen molar-refractivity contribution in [3.8, 4) is 0 Å². The van der Waals surface area contributed by atoms with E-state index in [4.69, 9.17) is 9.84 Å². The van der Waals surface area contributed by atoms with Crippen molar-refractivity contribution in [3.05, 3.63) is 35.9 Å². The summed E-state index contributed by atoms with van der Waals surface area (Å²) in [5.74, 6) is -1.34. The fraction of sp³-hybridized carbons (Fsp3) is 0.467. The molecular formula is C15H22N2O4. The van der Waals surface area contributed by atoms with Gasteiger partial charge < -0.3 is 20.5 Å². The molecule has 1 atom stereocenters. The van der Waals surface area contributed by atoms with Crippen molar-refractivity contribution in [2.24, 2.45) is 0 Å². The van der Waals surface area contributed by atoms with Crippen LogP contribution in [0, 0.1) is 0 Å². The Morgan fingerprint density at radius 2 is 2.00 bits per heavy atom. The first-order valence-corrected chi connectivity index (χ1v) is 6.89. The minimum Gasteiger partial charge on any atom is -0.480 e. The number of benzene rings is 1. The molecule has 1 rings (SSSR count). The van der Waals surface area contributed by atoms with E-state index in [2.05, 4.69) is 10.6 Å². The van der Waals surface area contributed by atoms with Gasteiger partial charge in [-0.25, -0.2) is 4.79 Å². The van der Waals surface area contributed by atoms with Crippen molar-refractivity contribution in [1.29, 1.82) is 0 Å². The maximum Gasteiger partial charge on any atom is 0.326 e. The van der Waals surface area contributed by atoms with Crippen LogP contribution in [0.3, 0.4) is 0 Å². The van der Waals surface area contributed by atoms with E-state index in [9.17, 15) is 9.59 Å². The first-order chi connectivity index (χ1) is 10.1. The minimum absolute atomic E-state index is 0.0818. The Morgan fingerprint density at radius 1 is 1.29 bits per heavy atom. The standard InChI is InChI=1S/C15H22N2O4/c1-21-10-9-16-11-14(18)17-13(15(19)20)8-7-12-5-3-2-4-6-12/h2-6,13,16H,7-11H2,1H3,(H,17,18)(H,19,20)/t13-/m0/s1. The van der Waals surface area contributed by atoms with Gasteiger partial charge in [0, 0.05) is 13.7 Å². The molecule has 0 radical (unpaired) electrons. The Balaban J connectivity index is 2.35. The SMILES string of the molecule is COCCNCC(=O)N[C@@H](CCc1ccccc1)C(=O)O. The van der Waals surface area contributed by atoms with E-state index < -0.39 is 12.0 Å². The van der Waals surface area contributed by atoms with Gasteiger partial charge in [-0.1, -0.05) is 30.3 Å². The Labute approximate surface area is 124 Å². The Morgan fingerprint density at radius 3 is 2.62 bits per heavy atom. The van der Waals surface area contributed by atoms with E-state index in [-0.39, 0.29) is 12.5 Å². The highest BCUT2D eigenvalue weighted by Crippen LogP contribution is 2.05. The van der Waals surface area contributed by atoms with Crippen LogP contribution in [-0.2, 0) is 20.7 Å². The third kappa shape index (κ3) is 7.43. The van der Waals surface area contributed by atoms with Gasteiger partial charge in [-0.3, -0.25) is 4.79 Å². The number of amides is 1. The molecule has 0 heterocycles. The van der Waals surface area contributed by atoms with Gasteiger partial charge in [-0.2, -0.15) is 0 Å². The summed E-state index contributed by atoms with van der Waals surface area (Å²) in [6.07, 6.45) is 0.971. The van der Waals surface area contributed by atoms with Gasteiger partial charge >= 0.3 is 5.97 Å². The molecule has 0 aromatic heterocycles. The smallest absolute Gasteiger partial charge is 0.326 e. The second-order valence-electron chi connectivity index (χ2n) is 4.65. The number of aliphatic carboxylic acids is 1. The average molecular weight is 294 g/mol. The summed E-state index contributed by atoms with van der Waals surface area (Å²) in [6.45, 7) is 1.13. The van der Waals surface area contributed by atoms with Gasteiger partial charge in [0.1, 0.15) is 6.04 Å². The molecule has 1 amide bonds. The zero-order valence-electron chi connectivity index (χ0n) is 12.2. The number of carboxylic acids is 1. The normalized spacial score (nSPS) is 11.9. The molecule has 21 heavy (non-hydrogen) atoms. The quantitative estimate of drug-likeness (QED) is 0.545. The molecule has 0 saturated carbocycles. The number of aryl methyl sites for hydroxylation is 1. The van der Waals surface area contributed by atoms with Crippen molar-refractivity contribution in [3.63, 3.8) is 0 Å². The van der Waals surface area contributed by atoms with Gasteiger partial charge in [0.2, 0.25) is 5.91 Å². The van der Waals surface area contributed by atoms with Gasteiger partial charge in [-0.05, 0) is 18.4 Å². The molecular weight excluding hydrogens is 272 g/mol. The molecule has 0 unspecified atom stereocenters. The number of nitrogens with one attached hydrogen (secondary N) is 2. The molecule has 6 heteroatoms. The Kier molecular flexibility index (Phi) is 8.08. The van der Waals surface area contributed by atoms with Crippen LogP contribution < -0.4 is 10.6 Å². The molecule has 1 aromatic carbocycles. The number of carbonyl (C=O) groups excluding carboxylic acids is 1. The molecule has 0 saturated heterocycles. The number of hydrogen-bond acceptors (Lipinski definition) is 4. The summed E-state index contributed by atoms with van der Waals surface area (Å²) in [6, 6.07) is 8.72. The fourth-order valence-corrected chi connectivity index (χ4v) is 1.83. The number of rotatable bonds is 10. The predicted octanol–water partition coefficient (Wildman–Crippen LogP) is 0.425. The predicted molar refractivity (Wildman–Crippen MR) is 79.1 cm³/mol. The molecule has 0 aliphatic carbocycles. The maximum absolute atomic E-state index is 11.7. The topological polar surface area (TPSA) is 87.7 Å². The van der Waals surface area contributed by atoms with Crippen LogP contribution in [0.2, 0.25) is 0 Å². The maximum atomic E-state index is 11.7. The molecule has 3 N–H and O–H groups in total. The molecule has 1 aromatic rings. The third-order valence-electron chi connectivity index (χ3n) is 2.97. The molecule has 0 bridgehead atoms. The fourth-order valence-electron chi connectivity index (χ4n) is 1.83. The van der Waals surface area contributed by atoms with Crippen LogP contribution in [0.1, 0.15) is 12.0 Å². The van der Waals surface area contributed by atoms with Crippen LogP contribution in [0.4, 0.5) is 0 Å². The number of carboxylic acid groups (broad SMARTS) is 1. The zero-order chi connectivity index (χ0) is 15.5. The van der Waals surface area contributed by atoms with E-state index in [0.717, 1.165) is 5.56 Å². The highest BCUT2D eigenvalue weighted by molar-refractivity contribution is 5.84. The van der Waals surface area contributed by atoms with Crippen LogP contribution >= 0.6 is 0 Å². The summed E-state index contributed by atoms with van der Waals surface area (Å²) in [7, 11) is 1.58. The summed E-state index contributed by atoms with van der Waals surface area (Å²) in [5.41, 5.74) is 1.05. The lowest BCUT2D eigenvalue weighted by Gasteiger charge is -2.14. The lowest BCUT2D eigenvalue weighted by Crippen LogP contribution is -2.45. The average Bonchev–Trinajstić information content (AvgIpc) is 2.48. The second-order valence-corrected chi connectivity index (χ2v) is 4.65. The lowest BCUT2D eigenvalue weighted by atomic mass is 10.1. The van der Waals surface area contributed by atoms with E-state index in [0.29, 0.717) is 26.0 Å². The van der Waals surface area contributed by atoms with Gasteiger partial charge in [0.25, 0.3) is 0 Å². The third-order valence-corrected chi connectivity index (χ3v) is 2.97. The lowest BCUT2D eigenvalue weighted by molar-refractivity contribution is -0.141. The van der Waals surface area contributed by atoms with Crippen LogP contribution in [0.5, 0.6) is 0 Å². The molecule has 0 spiro atoms. The van der Waals surface area contributed by atoms with E-state index in [1.807, 2.05) is 30.3 Å². The van der Waals surface area contributed by atoms with Crippen LogP contribution in [0.15, 0.2) is 30.3 Å². The number of hydrogen-bond donors (Lipinski definition) is 3. The van der Waals surface area contributed by atoms with Crippen molar-refractivity contribution < 1.29 is 19.4 Å². The second kappa shape index (κ2) is 9.90. The first-order valence-electron chi connectivity index (χ1n) is 6.89. The highest BCUT2D eigenvalue weighted by Gasteiger charge is 2.19. The summed E-state index contributed by atoms with van der Waals surface area (Å²) in [4.78, 5) is 22.8. The van der Waals surface area contributed by atoms with Crippen LogP contribution in [-0.4, -0.2) is 49.8 Å². The van der Waals surface area contributed by atoms with E-state index >= 15 is 0 Å². The van der Waals surface area contributed by atoms with E-state index in [1.54, 1.807) is 7.11 Å².